The number of hydrazine groups is 1. The molecule has 2 unspecified atom stereocenters. The molecule has 3 rings (SSSR count). The van der Waals surface area contributed by atoms with Gasteiger partial charge < -0.3 is 10.0 Å². The number of aryl methyl sites for hydroxylation is 1. The van der Waals surface area contributed by atoms with E-state index in [4.69, 9.17) is 21.0 Å². The molecule has 1 aromatic carbocycles. The van der Waals surface area contributed by atoms with Gasteiger partial charge in [0.2, 0.25) is 5.91 Å². The maximum atomic E-state index is 12.4. The number of carbonyl (C=O) groups excluding carboxylic acids is 1. The number of carboxylic acids is 1. The van der Waals surface area contributed by atoms with Crippen molar-refractivity contribution in [1.82, 2.24) is 9.91 Å². The fraction of sp³-hybridized carbons (Fsp3) is 0.526. The van der Waals surface area contributed by atoms with E-state index in [1.807, 2.05) is 6.07 Å². The third-order valence-corrected chi connectivity index (χ3v) is 5.02. The Hall–Kier alpha value is -2.64. The van der Waals surface area contributed by atoms with E-state index in [0.29, 0.717) is 6.54 Å². The predicted octanol–water partition coefficient (Wildman–Crippen LogP) is 2.39. The molecule has 10 heteroatoms. The van der Waals surface area contributed by atoms with Crippen LogP contribution in [0.3, 0.4) is 0 Å². The van der Waals surface area contributed by atoms with Gasteiger partial charge in [0, 0.05) is 12.6 Å². The fourth-order valence-electron chi connectivity index (χ4n) is 3.63. The minimum Gasteiger partial charge on any atom is -0.475 e. The number of likely N-dealkylation sites (tertiary alicyclic amines) is 1. The van der Waals surface area contributed by atoms with Crippen LogP contribution in [-0.2, 0) is 16.0 Å². The highest BCUT2D eigenvalue weighted by molar-refractivity contribution is 5.79. The molecule has 0 bridgehead atoms. The van der Waals surface area contributed by atoms with Gasteiger partial charge in [-0.2, -0.15) is 18.4 Å². The second-order valence-electron chi connectivity index (χ2n) is 6.96. The van der Waals surface area contributed by atoms with Crippen LogP contribution in [0.25, 0.3) is 0 Å². The molecule has 1 aromatic rings. The molecule has 7 nitrogen and oxygen atoms in total. The van der Waals surface area contributed by atoms with Crippen LogP contribution < -0.4 is 5.84 Å². The zero-order valence-electron chi connectivity index (χ0n) is 15.7. The summed E-state index contributed by atoms with van der Waals surface area (Å²) < 4.78 is 31.7. The van der Waals surface area contributed by atoms with E-state index >= 15 is 0 Å². The van der Waals surface area contributed by atoms with Crippen LogP contribution in [0.5, 0.6) is 0 Å². The molecule has 1 saturated heterocycles. The van der Waals surface area contributed by atoms with E-state index in [1.54, 1.807) is 9.91 Å². The normalized spacial score (nSPS) is 21.0. The van der Waals surface area contributed by atoms with Gasteiger partial charge in [-0.25, -0.2) is 9.80 Å². The average Bonchev–Trinajstić information content (AvgIpc) is 3.16. The van der Waals surface area contributed by atoms with Crippen LogP contribution in [-0.4, -0.2) is 52.2 Å². The summed E-state index contributed by atoms with van der Waals surface area (Å²) in [4.78, 5) is 23.0. The summed E-state index contributed by atoms with van der Waals surface area (Å²) in [5.41, 5.74) is 2.57. The van der Waals surface area contributed by atoms with Gasteiger partial charge in [-0.3, -0.25) is 10.6 Å². The second kappa shape index (κ2) is 9.71. The molecule has 29 heavy (non-hydrogen) atoms. The number of hydrogen-bond donors (Lipinski definition) is 2. The van der Waals surface area contributed by atoms with Crippen molar-refractivity contribution in [3.8, 4) is 6.07 Å². The Morgan fingerprint density at radius 3 is 2.55 bits per heavy atom. The summed E-state index contributed by atoms with van der Waals surface area (Å²) in [6.45, 7) is 0.851. The maximum absolute atomic E-state index is 12.4. The number of hydrogen-bond acceptors (Lipinski definition) is 5. The number of fused-ring (bicyclic) bond motifs is 1. The van der Waals surface area contributed by atoms with Gasteiger partial charge in [-0.15, -0.1) is 0 Å². The highest BCUT2D eigenvalue weighted by Crippen LogP contribution is 2.32. The van der Waals surface area contributed by atoms with Crippen LogP contribution >= 0.6 is 0 Å². The lowest BCUT2D eigenvalue weighted by Crippen LogP contribution is -2.46. The zero-order chi connectivity index (χ0) is 21.6. The number of aliphatic carboxylic acids is 1. The molecule has 0 spiro atoms. The average molecular weight is 412 g/mol. The molecule has 1 aliphatic carbocycles. The molecule has 0 saturated carbocycles. The Bertz CT molecular complexity index is 779. The molecule has 3 N–H and O–H groups in total. The smallest absolute Gasteiger partial charge is 0.475 e. The van der Waals surface area contributed by atoms with E-state index < -0.39 is 12.1 Å². The van der Waals surface area contributed by atoms with Gasteiger partial charge >= 0.3 is 12.1 Å². The number of carboxylic acid groups (broad SMARTS) is 1. The summed E-state index contributed by atoms with van der Waals surface area (Å²) in [6.07, 6.45) is -0.256. The van der Waals surface area contributed by atoms with Crippen molar-refractivity contribution < 1.29 is 27.9 Å². The molecule has 1 fully saturated rings. The molecule has 158 valence electrons. The summed E-state index contributed by atoms with van der Waals surface area (Å²) in [7, 11) is 0. The second-order valence-corrected chi connectivity index (χ2v) is 6.96. The third-order valence-electron chi connectivity index (χ3n) is 5.02. The lowest BCUT2D eigenvalue weighted by molar-refractivity contribution is -0.192. The molecule has 0 radical (unpaired) electrons. The minimum atomic E-state index is -5.08. The fourth-order valence-corrected chi connectivity index (χ4v) is 3.63. The predicted molar refractivity (Wildman–Crippen MR) is 97.1 cm³/mol. The highest BCUT2D eigenvalue weighted by atomic mass is 19.4. The van der Waals surface area contributed by atoms with E-state index in [0.717, 1.165) is 32.1 Å². The van der Waals surface area contributed by atoms with Gasteiger partial charge in [0.1, 0.15) is 6.04 Å². The molecule has 1 amide bonds. The Balaban J connectivity index is 0.000000370. The van der Waals surface area contributed by atoms with Crippen molar-refractivity contribution in [3.05, 3.63) is 35.4 Å². The topological polar surface area (TPSA) is 111 Å². The number of nitrogens with zero attached hydrogens (tertiary/aromatic N) is 3. The minimum absolute atomic E-state index is 0.0328. The van der Waals surface area contributed by atoms with Crippen LogP contribution in [0.4, 0.5) is 13.2 Å². The van der Waals surface area contributed by atoms with Crippen LogP contribution in [0.1, 0.15) is 42.9 Å². The van der Waals surface area contributed by atoms with Gasteiger partial charge in [0.25, 0.3) is 0 Å². The lowest BCUT2D eigenvalue weighted by atomic mass is 9.87. The Kier molecular flexibility index (Phi) is 7.59. The SMILES string of the molecule is N#CC1CCCN1C(=O)CN(N)C1CCCc2ccccc21.O=C(O)C(F)(F)F. The summed E-state index contributed by atoms with van der Waals surface area (Å²) in [5.74, 6) is 3.43. The van der Waals surface area contributed by atoms with Crippen molar-refractivity contribution in [2.75, 3.05) is 13.1 Å². The summed E-state index contributed by atoms with van der Waals surface area (Å²) in [5, 5.41) is 17.9. The monoisotopic (exact) mass is 412 g/mol. The first kappa shape index (κ1) is 22.6. The van der Waals surface area contributed by atoms with Gasteiger partial charge in [-0.05, 0) is 43.2 Å². The first-order valence-electron chi connectivity index (χ1n) is 9.23. The molecule has 2 atom stereocenters. The standard InChI is InChI=1S/C17H22N4O.C2HF3O2/c18-11-14-7-4-10-20(14)17(22)12-21(19)16-9-3-6-13-5-1-2-8-15(13)16;3-2(4,5)1(6)7/h1-2,5,8,14,16H,3-4,6-7,9-10,12,19H2;(H,6,7). The molecule has 0 aromatic heterocycles. The molecule has 2 aliphatic rings. The highest BCUT2D eigenvalue weighted by Gasteiger charge is 2.38. The zero-order valence-corrected chi connectivity index (χ0v) is 15.7. The molecular formula is C19H23F3N4O3. The van der Waals surface area contributed by atoms with Gasteiger partial charge in [0.15, 0.2) is 0 Å². The number of nitriles is 1. The van der Waals surface area contributed by atoms with Gasteiger partial charge in [0.05, 0.1) is 12.6 Å². The summed E-state index contributed by atoms with van der Waals surface area (Å²) in [6, 6.07) is 10.4. The van der Waals surface area contributed by atoms with Crippen molar-refractivity contribution in [1.29, 1.82) is 5.26 Å². The Labute approximate surface area is 166 Å². The van der Waals surface area contributed by atoms with E-state index in [1.165, 1.54) is 11.1 Å². The number of carbonyl (C=O) groups is 2. The van der Waals surface area contributed by atoms with Crippen LogP contribution in [0.2, 0.25) is 0 Å². The van der Waals surface area contributed by atoms with Crippen molar-refractivity contribution in [3.63, 3.8) is 0 Å². The number of amides is 1. The van der Waals surface area contributed by atoms with Crippen LogP contribution in [0.15, 0.2) is 24.3 Å². The van der Waals surface area contributed by atoms with Crippen molar-refractivity contribution in [2.24, 2.45) is 5.84 Å². The Morgan fingerprint density at radius 1 is 1.28 bits per heavy atom. The third kappa shape index (κ3) is 5.92. The molecular weight excluding hydrogens is 389 g/mol. The quantitative estimate of drug-likeness (QED) is 0.583. The summed E-state index contributed by atoms with van der Waals surface area (Å²) >= 11 is 0. The Morgan fingerprint density at radius 2 is 1.93 bits per heavy atom. The number of rotatable bonds is 3. The molecule has 1 heterocycles. The van der Waals surface area contributed by atoms with E-state index in [-0.39, 0.29) is 24.5 Å². The van der Waals surface area contributed by atoms with E-state index in [9.17, 15) is 18.0 Å². The number of nitrogens with two attached hydrogens (primary N) is 1. The number of benzene rings is 1. The van der Waals surface area contributed by atoms with Crippen molar-refractivity contribution in [2.45, 2.75) is 50.4 Å². The van der Waals surface area contributed by atoms with Crippen molar-refractivity contribution >= 4 is 11.9 Å². The number of alkyl halides is 3. The maximum Gasteiger partial charge on any atom is 0.490 e. The molecule has 1 aliphatic heterocycles. The number of halogens is 3. The van der Waals surface area contributed by atoms with E-state index in [2.05, 4.69) is 24.3 Å². The first-order chi connectivity index (χ1) is 13.6. The first-order valence-corrected chi connectivity index (χ1v) is 9.23. The van der Waals surface area contributed by atoms with Gasteiger partial charge in [-0.1, -0.05) is 24.3 Å². The van der Waals surface area contributed by atoms with Crippen LogP contribution in [0, 0.1) is 11.3 Å². The largest absolute Gasteiger partial charge is 0.490 e. The lowest BCUT2D eigenvalue weighted by Gasteiger charge is -2.33.